The van der Waals surface area contributed by atoms with E-state index < -0.39 is 0 Å². The molecule has 5 N–H and O–H groups in total. The number of aromatic nitrogens is 3. The van der Waals surface area contributed by atoms with E-state index in [2.05, 4.69) is 36.0 Å². The molecular weight excluding hydrogens is 526 g/mol. The van der Waals surface area contributed by atoms with Crippen LogP contribution >= 0.6 is 0 Å². The lowest BCUT2D eigenvalue weighted by Crippen LogP contribution is -2.36. The summed E-state index contributed by atoms with van der Waals surface area (Å²) in [5.41, 5.74) is 3.05. The number of aryl methyl sites for hydroxylation is 1. The van der Waals surface area contributed by atoms with Gasteiger partial charge in [0, 0.05) is 48.9 Å². The van der Waals surface area contributed by atoms with Gasteiger partial charge in [-0.3, -0.25) is 4.79 Å². The second kappa shape index (κ2) is 13.3. The maximum atomic E-state index is 12.7. The van der Waals surface area contributed by atoms with E-state index in [-0.39, 0.29) is 29.6 Å². The molecule has 0 atom stereocenters. The summed E-state index contributed by atoms with van der Waals surface area (Å²) in [5, 5.41) is 34.2. The maximum Gasteiger partial charge on any atom is 0.227 e. The van der Waals surface area contributed by atoms with Crippen molar-refractivity contribution in [3.8, 4) is 22.8 Å². The Hall–Kier alpha value is -3.74. The third-order valence-corrected chi connectivity index (χ3v) is 7.74. The fourth-order valence-corrected chi connectivity index (χ4v) is 5.49. The first kappa shape index (κ1) is 28.8. The van der Waals surface area contributed by atoms with Gasteiger partial charge >= 0.3 is 0 Å². The van der Waals surface area contributed by atoms with Crippen LogP contribution in [0, 0.1) is 6.92 Å². The number of nitrogens with zero attached hydrogens (tertiary/aromatic N) is 4. The molecule has 0 aliphatic carbocycles. The average molecular weight is 566 g/mol. The van der Waals surface area contributed by atoms with Gasteiger partial charge in [0.15, 0.2) is 5.75 Å². The van der Waals surface area contributed by atoms with Crippen molar-refractivity contribution in [2.75, 3.05) is 50.5 Å². The highest BCUT2D eigenvalue weighted by Gasteiger charge is 2.27. The molecule has 3 aromatic rings. The third kappa shape index (κ3) is 7.32. The van der Waals surface area contributed by atoms with Gasteiger partial charge in [0.2, 0.25) is 11.9 Å². The van der Waals surface area contributed by atoms with E-state index in [1.807, 2.05) is 6.92 Å². The Bertz CT molecular complexity index is 1330. The molecule has 0 unspecified atom stereocenters. The van der Waals surface area contributed by atoms with E-state index in [1.54, 1.807) is 25.3 Å². The summed E-state index contributed by atoms with van der Waals surface area (Å²) in [6, 6.07) is 5.32. The zero-order valence-corrected chi connectivity index (χ0v) is 23.7. The van der Waals surface area contributed by atoms with Crippen molar-refractivity contribution in [3.05, 3.63) is 35.9 Å². The standard InChI is InChI=1S/C29H39N7O5/c1-18-26(27(35-41-18)19-5-9-30-10-6-19)28-24(38)17-31-29(34-28)33-21-14-20(15-23(16-21)40-2)32-25(39)4-3-11-36-12-7-22(37)8-13-36/h14-17,19,22,30,37-38H,3-13H2,1-2H3,(H,32,39)(H,31,33,34). The van der Waals surface area contributed by atoms with Gasteiger partial charge in [0.25, 0.3) is 0 Å². The summed E-state index contributed by atoms with van der Waals surface area (Å²) >= 11 is 0. The summed E-state index contributed by atoms with van der Waals surface area (Å²) in [5.74, 6) is 1.48. The zero-order valence-electron chi connectivity index (χ0n) is 23.7. The number of carbonyl (C=O) groups is 1. The predicted molar refractivity (Wildman–Crippen MR) is 155 cm³/mol. The number of methoxy groups -OCH3 is 1. The van der Waals surface area contributed by atoms with Crippen molar-refractivity contribution in [1.82, 2.24) is 25.3 Å². The molecule has 0 bridgehead atoms. The van der Waals surface area contributed by atoms with Crippen molar-refractivity contribution < 1.29 is 24.3 Å². The van der Waals surface area contributed by atoms with Gasteiger partial charge in [-0.05, 0) is 64.7 Å². The first-order valence-electron chi connectivity index (χ1n) is 14.3. The van der Waals surface area contributed by atoms with Gasteiger partial charge in [-0.15, -0.1) is 0 Å². The number of anilines is 3. The summed E-state index contributed by atoms with van der Waals surface area (Å²) in [7, 11) is 1.56. The molecule has 2 saturated heterocycles. The van der Waals surface area contributed by atoms with Crippen LogP contribution in [0.5, 0.6) is 11.5 Å². The van der Waals surface area contributed by atoms with E-state index in [1.165, 1.54) is 6.20 Å². The summed E-state index contributed by atoms with van der Waals surface area (Å²) in [4.78, 5) is 23.9. The normalized spacial score (nSPS) is 17.0. The quantitative estimate of drug-likeness (QED) is 0.245. The number of nitrogens with one attached hydrogen (secondary N) is 3. The minimum Gasteiger partial charge on any atom is -0.504 e. The molecule has 4 heterocycles. The number of carbonyl (C=O) groups excluding carboxylic acids is 1. The molecule has 41 heavy (non-hydrogen) atoms. The second-order valence-corrected chi connectivity index (χ2v) is 10.8. The molecule has 2 aromatic heterocycles. The lowest BCUT2D eigenvalue weighted by atomic mass is 9.90. The largest absolute Gasteiger partial charge is 0.504 e. The zero-order chi connectivity index (χ0) is 28.8. The topological polar surface area (TPSA) is 158 Å². The van der Waals surface area contributed by atoms with Crippen LogP contribution in [0.15, 0.2) is 28.9 Å². The Balaban J connectivity index is 1.27. The van der Waals surface area contributed by atoms with Gasteiger partial charge in [0.05, 0.1) is 30.7 Å². The Labute approximate surface area is 239 Å². The molecule has 2 aliphatic rings. The molecule has 5 rings (SSSR count). The van der Waals surface area contributed by atoms with Gasteiger partial charge in [-0.25, -0.2) is 9.97 Å². The minimum atomic E-state index is -0.201. The molecule has 2 aliphatic heterocycles. The fraction of sp³-hybridized carbons (Fsp3) is 0.517. The molecule has 1 aromatic carbocycles. The molecule has 220 valence electrons. The number of benzene rings is 1. The van der Waals surface area contributed by atoms with Crippen LogP contribution in [0.2, 0.25) is 0 Å². The number of hydrogen-bond donors (Lipinski definition) is 5. The number of aliphatic hydroxyl groups excluding tert-OH is 1. The number of aromatic hydroxyl groups is 1. The molecule has 2 fully saturated rings. The summed E-state index contributed by atoms with van der Waals surface area (Å²) < 4.78 is 11.0. The highest BCUT2D eigenvalue weighted by Crippen LogP contribution is 2.39. The van der Waals surface area contributed by atoms with Crippen LogP contribution in [-0.2, 0) is 4.79 Å². The molecule has 12 nitrogen and oxygen atoms in total. The van der Waals surface area contributed by atoms with Crippen molar-refractivity contribution in [1.29, 1.82) is 0 Å². The van der Waals surface area contributed by atoms with Crippen molar-refractivity contribution in [3.63, 3.8) is 0 Å². The fourth-order valence-electron chi connectivity index (χ4n) is 5.49. The Kier molecular flexibility index (Phi) is 9.32. The second-order valence-electron chi connectivity index (χ2n) is 10.8. The molecule has 0 radical (unpaired) electrons. The van der Waals surface area contributed by atoms with Crippen molar-refractivity contribution in [2.45, 2.75) is 57.5 Å². The third-order valence-electron chi connectivity index (χ3n) is 7.74. The first-order chi connectivity index (χ1) is 19.9. The number of hydrogen-bond acceptors (Lipinski definition) is 11. The summed E-state index contributed by atoms with van der Waals surface area (Å²) in [6.07, 6.45) is 5.71. The van der Waals surface area contributed by atoms with E-state index in [4.69, 9.17) is 9.26 Å². The molecule has 1 amide bonds. The Morgan fingerprint density at radius 2 is 1.93 bits per heavy atom. The van der Waals surface area contributed by atoms with Crippen LogP contribution in [0.3, 0.4) is 0 Å². The smallest absolute Gasteiger partial charge is 0.227 e. The van der Waals surface area contributed by atoms with Crippen LogP contribution in [0.4, 0.5) is 17.3 Å². The van der Waals surface area contributed by atoms with E-state index >= 15 is 0 Å². The number of amides is 1. The van der Waals surface area contributed by atoms with E-state index in [0.29, 0.717) is 40.6 Å². The monoisotopic (exact) mass is 565 g/mol. The highest BCUT2D eigenvalue weighted by molar-refractivity contribution is 5.91. The van der Waals surface area contributed by atoms with E-state index in [9.17, 15) is 15.0 Å². The number of aliphatic hydroxyl groups is 1. The Morgan fingerprint density at radius 1 is 1.17 bits per heavy atom. The molecule has 12 heteroatoms. The predicted octanol–water partition coefficient (Wildman–Crippen LogP) is 3.54. The van der Waals surface area contributed by atoms with Crippen molar-refractivity contribution in [2.24, 2.45) is 0 Å². The number of ether oxygens (including phenoxy) is 1. The van der Waals surface area contributed by atoms with Crippen molar-refractivity contribution >= 4 is 23.2 Å². The number of rotatable bonds is 10. The van der Waals surface area contributed by atoms with Crippen LogP contribution in [0.25, 0.3) is 11.3 Å². The number of piperidine rings is 2. The van der Waals surface area contributed by atoms with Gasteiger partial charge < -0.3 is 40.3 Å². The number of likely N-dealkylation sites (tertiary alicyclic amines) is 1. The maximum absolute atomic E-state index is 12.7. The molecular formula is C29H39N7O5. The SMILES string of the molecule is COc1cc(NC(=O)CCCN2CCC(O)CC2)cc(Nc2ncc(O)c(-c3c(C4CCNCC4)noc3C)n2)c1. The van der Waals surface area contributed by atoms with Crippen LogP contribution in [0.1, 0.15) is 55.9 Å². The lowest BCUT2D eigenvalue weighted by Gasteiger charge is -2.29. The first-order valence-corrected chi connectivity index (χ1v) is 14.3. The van der Waals surface area contributed by atoms with Gasteiger partial charge in [0.1, 0.15) is 17.2 Å². The minimum absolute atomic E-state index is 0.0589. The highest BCUT2D eigenvalue weighted by atomic mass is 16.5. The van der Waals surface area contributed by atoms with Crippen LogP contribution in [-0.4, -0.2) is 82.1 Å². The average Bonchev–Trinajstić information content (AvgIpc) is 3.36. The van der Waals surface area contributed by atoms with E-state index in [0.717, 1.165) is 70.5 Å². The van der Waals surface area contributed by atoms with Gasteiger partial charge in [-0.2, -0.15) is 0 Å². The molecule has 0 saturated carbocycles. The molecule has 0 spiro atoms. The Morgan fingerprint density at radius 3 is 2.68 bits per heavy atom. The summed E-state index contributed by atoms with van der Waals surface area (Å²) in [6.45, 7) is 6.18. The van der Waals surface area contributed by atoms with Gasteiger partial charge in [-0.1, -0.05) is 5.16 Å². The lowest BCUT2D eigenvalue weighted by molar-refractivity contribution is -0.116. The van der Waals surface area contributed by atoms with Crippen LogP contribution < -0.4 is 20.7 Å².